The van der Waals surface area contributed by atoms with Crippen LogP contribution in [0.15, 0.2) is 18.3 Å². The maximum Gasteiger partial charge on any atom is 0.415 e. The number of amides is 3. The zero-order valence-corrected chi connectivity index (χ0v) is 23.6. The zero-order valence-electron chi connectivity index (χ0n) is 23.6. The predicted molar refractivity (Wildman–Crippen MR) is 149 cm³/mol. The first-order valence-corrected chi connectivity index (χ1v) is 14.1. The van der Waals surface area contributed by atoms with Gasteiger partial charge in [0, 0.05) is 18.7 Å². The standard InChI is InChI=1S/C28H34FN7O6/c1-35(2)28(4-6-40-15-28)26(38)32-18-9-17-7-16(8-20(17)21(29)10-18)11-30-5-3-19-13-36(27(39)42-19)22-12-31-25-24(33-22)34-23(37)14-41-25/h9-10,12,16,19,30H,3-8,11,13-15H2,1-2H3,(H,32,38)(H,33,34,37)/t16?,19?,28-/m1/s1. The van der Waals surface area contributed by atoms with E-state index in [-0.39, 0.29) is 53.8 Å². The molecule has 2 saturated heterocycles. The number of anilines is 3. The third-order valence-electron chi connectivity index (χ3n) is 8.38. The van der Waals surface area contributed by atoms with Crippen molar-refractivity contribution >= 4 is 35.2 Å². The van der Waals surface area contributed by atoms with Gasteiger partial charge in [-0.15, -0.1) is 0 Å². The Hall–Kier alpha value is -3.88. The highest BCUT2D eigenvalue weighted by Gasteiger charge is 2.44. The van der Waals surface area contributed by atoms with Crippen molar-refractivity contribution in [1.29, 1.82) is 0 Å². The van der Waals surface area contributed by atoms with Crippen molar-refractivity contribution in [2.24, 2.45) is 5.92 Å². The molecule has 4 heterocycles. The predicted octanol–water partition coefficient (Wildman–Crippen LogP) is 1.33. The molecular weight excluding hydrogens is 549 g/mol. The van der Waals surface area contributed by atoms with Crippen molar-refractivity contribution in [3.63, 3.8) is 0 Å². The molecule has 3 amide bonds. The van der Waals surface area contributed by atoms with Gasteiger partial charge in [-0.2, -0.15) is 0 Å². The number of ether oxygens (including phenoxy) is 3. The van der Waals surface area contributed by atoms with E-state index in [0.717, 1.165) is 5.56 Å². The number of hydrogen-bond acceptors (Lipinski definition) is 10. The molecule has 13 nitrogen and oxygen atoms in total. The molecule has 0 radical (unpaired) electrons. The van der Waals surface area contributed by atoms with Gasteiger partial charge < -0.3 is 30.2 Å². The lowest BCUT2D eigenvalue weighted by Gasteiger charge is -2.33. The molecular formula is C28H34FN7O6. The largest absolute Gasteiger partial charge is 0.465 e. The van der Waals surface area contributed by atoms with Crippen LogP contribution in [0.5, 0.6) is 5.88 Å². The maximum absolute atomic E-state index is 15.0. The Morgan fingerprint density at radius 1 is 1.29 bits per heavy atom. The molecule has 2 fully saturated rings. The molecule has 2 aromatic rings. The number of fused-ring (bicyclic) bond motifs is 2. The fourth-order valence-electron chi connectivity index (χ4n) is 5.95. The summed E-state index contributed by atoms with van der Waals surface area (Å²) in [4.78, 5) is 48.8. The number of likely N-dealkylation sites (N-methyl/N-ethyl adjacent to an activating group) is 1. The van der Waals surface area contributed by atoms with Gasteiger partial charge >= 0.3 is 6.09 Å². The Morgan fingerprint density at radius 2 is 2.14 bits per heavy atom. The molecule has 3 aliphatic heterocycles. The topological polar surface area (TPSA) is 147 Å². The van der Waals surface area contributed by atoms with Gasteiger partial charge in [-0.1, -0.05) is 0 Å². The van der Waals surface area contributed by atoms with Gasteiger partial charge in [-0.05, 0) is 75.6 Å². The summed E-state index contributed by atoms with van der Waals surface area (Å²) < 4.78 is 31.2. The van der Waals surface area contributed by atoms with Gasteiger partial charge in [0.25, 0.3) is 11.8 Å². The number of halogens is 1. The van der Waals surface area contributed by atoms with Gasteiger partial charge in [0.05, 0.1) is 19.3 Å². The van der Waals surface area contributed by atoms with Gasteiger partial charge in [0.1, 0.15) is 17.5 Å². The van der Waals surface area contributed by atoms with E-state index in [1.165, 1.54) is 17.2 Å². The zero-order chi connectivity index (χ0) is 29.4. The average molecular weight is 584 g/mol. The van der Waals surface area contributed by atoms with Crippen molar-refractivity contribution in [3.8, 4) is 5.88 Å². The van der Waals surface area contributed by atoms with Gasteiger partial charge in [0.15, 0.2) is 18.2 Å². The number of aromatic nitrogens is 2. The number of carbonyl (C=O) groups excluding carboxylic acids is 3. The van der Waals surface area contributed by atoms with Crippen LogP contribution >= 0.6 is 0 Å². The van der Waals surface area contributed by atoms with Crippen molar-refractivity contribution in [1.82, 2.24) is 20.2 Å². The molecule has 3 atom stereocenters. The highest BCUT2D eigenvalue weighted by molar-refractivity contribution is 5.98. The molecule has 4 aliphatic rings. The van der Waals surface area contributed by atoms with Crippen LogP contribution in [0.1, 0.15) is 24.0 Å². The number of rotatable bonds is 9. The maximum atomic E-state index is 15.0. The fraction of sp³-hybridized carbons (Fsp3) is 0.536. The minimum Gasteiger partial charge on any atom is -0.465 e. The van der Waals surface area contributed by atoms with Crippen molar-refractivity contribution < 1.29 is 33.0 Å². The number of nitrogens with zero attached hydrogens (tertiary/aromatic N) is 4. The van der Waals surface area contributed by atoms with E-state index in [1.807, 2.05) is 25.1 Å². The molecule has 1 aromatic carbocycles. The smallest absolute Gasteiger partial charge is 0.415 e. The number of cyclic esters (lactones) is 1. The summed E-state index contributed by atoms with van der Waals surface area (Å²) in [5.74, 6) is 0.0318. The summed E-state index contributed by atoms with van der Waals surface area (Å²) in [7, 11) is 3.70. The van der Waals surface area contributed by atoms with E-state index >= 15 is 4.39 Å². The van der Waals surface area contributed by atoms with Gasteiger partial charge in [-0.25, -0.2) is 19.2 Å². The van der Waals surface area contributed by atoms with Gasteiger partial charge in [-0.3, -0.25) is 19.4 Å². The monoisotopic (exact) mass is 583 g/mol. The van der Waals surface area contributed by atoms with Crippen LogP contribution in [0, 0.1) is 11.7 Å². The quantitative estimate of drug-likeness (QED) is 0.370. The Balaban J connectivity index is 0.979. The Kier molecular flexibility index (Phi) is 7.68. The second-order valence-electron chi connectivity index (χ2n) is 11.4. The summed E-state index contributed by atoms with van der Waals surface area (Å²) >= 11 is 0. The average Bonchev–Trinajstić information content (AvgIpc) is 3.70. The van der Waals surface area contributed by atoms with Crippen LogP contribution in [0.3, 0.4) is 0 Å². The molecule has 0 bridgehead atoms. The SMILES string of the molecule is CN(C)[C@]1(C(=O)Nc2cc(F)c3c(c2)CC(CNCCC2CN(c4cnc5c(n4)NC(=O)CO5)C(=O)O2)C3)CCOC1. The van der Waals surface area contributed by atoms with Crippen LogP contribution in [-0.4, -0.2) is 98.0 Å². The summed E-state index contributed by atoms with van der Waals surface area (Å²) in [5.41, 5.74) is 1.31. The van der Waals surface area contributed by atoms with Crippen LogP contribution in [0.2, 0.25) is 0 Å². The summed E-state index contributed by atoms with van der Waals surface area (Å²) in [6.45, 7) is 2.28. The summed E-state index contributed by atoms with van der Waals surface area (Å²) in [6, 6.07) is 3.28. The molecule has 14 heteroatoms. The van der Waals surface area contributed by atoms with E-state index in [1.54, 1.807) is 0 Å². The van der Waals surface area contributed by atoms with Crippen LogP contribution in [0.25, 0.3) is 0 Å². The highest BCUT2D eigenvalue weighted by Crippen LogP contribution is 2.33. The lowest BCUT2D eigenvalue weighted by Crippen LogP contribution is -2.54. The lowest BCUT2D eigenvalue weighted by atomic mass is 9.95. The molecule has 1 aliphatic carbocycles. The fourth-order valence-corrected chi connectivity index (χ4v) is 5.95. The number of hydrogen-bond donors (Lipinski definition) is 3. The normalized spacial score (nSPS) is 24.7. The number of benzene rings is 1. The van der Waals surface area contributed by atoms with Crippen molar-refractivity contribution in [2.45, 2.75) is 37.3 Å². The third kappa shape index (κ3) is 5.49. The summed E-state index contributed by atoms with van der Waals surface area (Å²) in [5, 5.41) is 8.91. The van der Waals surface area contributed by atoms with E-state index in [0.29, 0.717) is 69.8 Å². The lowest BCUT2D eigenvalue weighted by molar-refractivity contribution is -0.126. The molecule has 0 spiro atoms. The Bertz CT molecular complexity index is 1400. The van der Waals surface area contributed by atoms with Gasteiger partial charge in [0.2, 0.25) is 5.91 Å². The molecule has 1 aromatic heterocycles. The molecule has 224 valence electrons. The minimum absolute atomic E-state index is 0.128. The van der Waals surface area contributed by atoms with E-state index < -0.39 is 11.6 Å². The summed E-state index contributed by atoms with van der Waals surface area (Å²) in [6.07, 6.45) is 3.03. The first-order valence-electron chi connectivity index (χ1n) is 14.1. The molecule has 3 N–H and O–H groups in total. The van der Waals surface area contributed by atoms with E-state index in [2.05, 4.69) is 25.9 Å². The number of nitrogens with one attached hydrogen (secondary N) is 3. The molecule has 0 saturated carbocycles. The highest BCUT2D eigenvalue weighted by atomic mass is 19.1. The first-order chi connectivity index (χ1) is 20.2. The molecule has 6 rings (SSSR count). The van der Waals surface area contributed by atoms with Crippen LogP contribution in [0.4, 0.5) is 26.5 Å². The first kappa shape index (κ1) is 28.2. The Morgan fingerprint density at radius 3 is 2.93 bits per heavy atom. The molecule has 42 heavy (non-hydrogen) atoms. The second-order valence-corrected chi connectivity index (χ2v) is 11.4. The minimum atomic E-state index is -0.757. The van der Waals surface area contributed by atoms with Crippen molar-refractivity contribution in [3.05, 3.63) is 35.3 Å². The number of carbonyl (C=O) groups is 3. The third-order valence-corrected chi connectivity index (χ3v) is 8.38. The van der Waals surface area contributed by atoms with E-state index in [4.69, 9.17) is 14.2 Å². The van der Waals surface area contributed by atoms with Crippen LogP contribution in [-0.2, 0) is 31.9 Å². The van der Waals surface area contributed by atoms with Crippen LogP contribution < -0.4 is 25.6 Å². The van der Waals surface area contributed by atoms with E-state index in [9.17, 15) is 14.4 Å². The Labute approximate surface area is 242 Å². The van der Waals surface area contributed by atoms with Crippen molar-refractivity contribution in [2.75, 3.05) is 69.1 Å². The molecule has 2 unspecified atom stereocenters. The second kappa shape index (κ2) is 11.4.